The Hall–Kier alpha value is -2.00. The number of nitrogens with zero attached hydrogens (tertiary/aromatic N) is 2. The number of nitrogens with one attached hydrogen (secondary N) is 1. The van der Waals surface area contributed by atoms with Crippen molar-refractivity contribution in [2.45, 2.75) is 6.04 Å². The number of hydrogen-bond acceptors (Lipinski definition) is 3. The predicted octanol–water partition coefficient (Wildman–Crippen LogP) is 2.90. The Bertz CT molecular complexity index is 582. The third-order valence-electron chi connectivity index (χ3n) is 4.24. The Morgan fingerprint density at radius 1 is 0.952 bits per heavy atom. The van der Waals surface area contributed by atoms with E-state index >= 15 is 0 Å². The van der Waals surface area contributed by atoms with Crippen molar-refractivity contribution >= 4 is 11.4 Å². The summed E-state index contributed by atoms with van der Waals surface area (Å²) in [5.41, 5.74) is 4.02. The molecule has 1 aliphatic heterocycles. The molecule has 110 valence electrons. The fourth-order valence-electron chi connectivity index (χ4n) is 3.13. The number of fused-ring (bicyclic) bond motifs is 1. The number of rotatable bonds is 4. The minimum absolute atomic E-state index is 0.367. The molecule has 21 heavy (non-hydrogen) atoms. The van der Waals surface area contributed by atoms with Crippen LogP contribution >= 0.6 is 0 Å². The van der Waals surface area contributed by atoms with Crippen molar-refractivity contribution in [1.29, 1.82) is 0 Å². The highest BCUT2D eigenvalue weighted by Gasteiger charge is 2.26. The minimum Gasteiger partial charge on any atom is -0.371 e. The van der Waals surface area contributed by atoms with Crippen LogP contribution in [0.1, 0.15) is 11.6 Å². The van der Waals surface area contributed by atoms with E-state index < -0.39 is 0 Å². The van der Waals surface area contributed by atoms with Gasteiger partial charge in [-0.3, -0.25) is 0 Å². The largest absolute Gasteiger partial charge is 0.371 e. The van der Waals surface area contributed by atoms with E-state index in [1.807, 2.05) is 7.05 Å². The maximum Gasteiger partial charge on any atom is 0.0668 e. The van der Waals surface area contributed by atoms with Gasteiger partial charge in [0.2, 0.25) is 0 Å². The molecule has 3 rings (SSSR count). The van der Waals surface area contributed by atoms with Crippen LogP contribution in [0.3, 0.4) is 0 Å². The highest BCUT2D eigenvalue weighted by Crippen LogP contribution is 2.36. The quantitative estimate of drug-likeness (QED) is 0.929. The molecule has 0 aliphatic carbocycles. The number of likely N-dealkylation sites (N-methyl/N-ethyl adjacent to an activating group) is 2. The van der Waals surface area contributed by atoms with Gasteiger partial charge in [-0.15, -0.1) is 0 Å². The van der Waals surface area contributed by atoms with E-state index in [0.29, 0.717) is 6.04 Å². The maximum absolute atomic E-state index is 3.35. The molecule has 1 N–H and O–H groups in total. The summed E-state index contributed by atoms with van der Waals surface area (Å²) in [6.07, 6.45) is 0. The molecule has 0 bridgehead atoms. The monoisotopic (exact) mass is 281 g/mol. The summed E-state index contributed by atoms with van der Waals surface area (Å²) in [5, 5.41) is 3.35. The average Bonchev–Trinajstić information content (AvgIpc) is 2.55. The highest BCUT2D eigenvalue weighted by molar-refractivity contribution is 5.73. The predicted molar refractivity (Wildman–Crippen MR) is 90.2 cm³/mol. The van der Waals surface area contributed by atoms with Gasteiger partial charge in [-0.2, -0.15) is 0 Å². The van der Waals surface area contributed by atoms with Gasteiger partial charge >= 0.3 is 0 Å². The van der Waals surface area contributed by atoms with Crippen LogP contribution in [0.5, 0.6) is 0 Å². The van der Waals surface area contributed by atoms with Crippen molar-refractivity contribution in [3.8, 4) is 0 Å². The molecule has 2 aromatic carbocycles. The lowest BCUT2D eigenvalue weighted by Gasteiger charge is -2.41. The van der Waals surface area contributed by atoms with Crippen LogP contribution in [0.2, 0.25) is 0 Å². The van der Waals surface area contributed by atoms with Crippen molar-refractivity contribution in [3.05, 3.63) is 60.2 Å². The molecular weight excluding hydrogens is 258 g/mol. The highest BCUT2D eigenvalue weighted by atomic mass is 15.3. The third kappa shape index (κ3) is 2.74. The normalized spacial score (nSPS) is 15.7. The second-order valence-electron chi connectivity index (χ2n) is 5.59. The summed E-state index contributed by atoms with van der Waals surface area (Å²) in [6.45, 7) is 3.06. The van der Waals surface area contributed by atoms with Gasteiger partial charge in [-0.1, -0.05) is 42.5 Å². The fraction of sp³-hybridized carbons (Fsp3) is 0.333. The Morgan fingerprint density at radius 2 is 1.62 bits per heavy atom. The Balaban J connectivity index is 1.99. The molecule has 3 heteroatoms. The Kier molecular flexibility index (Phi) is 4.11. The molecule has 0 aromatic heterocycles. The van der Waals surface area contributed by atoms with Crippen LogP contribution in [-0.4, -0.2) is 33.7 Å². The van der Waals surface area contributed by atoms with Gasteiger partial charge in [-0.25, -0.2) is 0 Å². The molecule has 0 fully saturated rings. The first-order valence-electron chi connectivity index (χ1n) is 7.57. The van der Waals surface area contributed by atoms with Crippen LogP contribution in [-0.2, 0) is 0 Å². The molecule has 0 saturated carbocycles. The van der Waals surface area contributed by atoms with Crippen molar-refractivity contribution in [2.24, 2.45) is 0 Å². The standard InChI is InChI=1S/C18H23N3/c1-19-14-18(15-8-4-3-5-9-15)21-13-12-20(2)16-10-6-7-11-17(16)21/h3-11,18-19H,12-14H2,1-2H3. The van der Waals surface area contributed by atoms with Crippen LogP contribution in [0, 0.1) is 0 Å². The van der Waals surface area contributed by atoms with Crippen molar-refractivity contribution in [2.75, 3.05) is 43.5 Å². The Labute approximate surface area is 127 Å². The molecule has 1 heterocycles. The minimum atomic E-state index is 0.367. The zero-order valence-electron chi connectivity index (χ0n) is 12.8. The van der Waals surface area contributed by atoms with Crippen molar-refractivity contribution in [1.82, 2.24) is 5.32 Å². The van der Waals surface area contributed by atoms with E-state index in [2.05, 4.69) is 76.8 Å². The maximum atomic E-state index is 3.35. The first-order valence-corrected chi connectivity index (χ1v) is 7.57. The molecule has 1 atom stereocenters. The van der Waals surface area contributed by atoms with Crippen LogP contribution in [0.4, 0.5) is 11.4 Å². The van der Waals surface area contributed by atoms with E-state index in [1.54, 1.807) is 0 Å². The van der Waals surface area contributed by atoms with Gasteiger partial charge in [0.05, 0.1) is 17.4 Å². The lowest BCUT2D eigenvalue weighted by atomic mass is 10.0. The lowest BCUT2D eigenvalue weighted by molar-refractivity contribution is 0.571. The van der Waals surface area contributed by atoms with Gasteiger partial charge in [-0.05, 0) is 24.7 Å². The summed E-state index contributed by atoms with van der Waals surface area (Å²) >= 11 is 0. The summed E-state index contributed by atoms with van der Waals surface area (Å²) in [4.78, 5) is 4.87. The first-order chi connectivity index (χ1) is 10.3. The molecule has 1 unspecified atom stereocenters. The van der Waals surface area contributed by atoms with E-state index in [9.17, 15) is 0 Å². The topological polar surface area (TPSA) is 18.5 Å². The third-order valence-corrected chi connectivity index (χ3v) is 4.24. The second kappa shape index (κ2) is 6.19. The molecular formula is C18H23N3. The molecule has 2 aromatic rings. The summed E-state index contributed by atoms with van der Waals surface area (Å²) in [7, 11) is 4.20. The first kappa shape index (κ1) is 14.0. The van der Waals surface area contributed by atoms with Gasteiger partial charge in [0.1, 0.15) is 0 Å². The van der Waals surface area contributed by atoms with E-state index in [4.69, 9.17) is 0 Å². The number of anilines is 2. The van der Waals surface area contributed by atoms with Gasteiger partial charge in [0.15, 0.2) is 0 Å². The Morgan fingerprint density at radius 3 is 2.33 bits per heavy atom. The molecule has 1 aliphatic rings. The molecule has 0 radical (unpaired) electrons. The molecule has 0 spiro atoms. The molecule has 0 amide bonds. The number of benzene rings is 2. The van der Waals surface area contributed by atoms with Gasteiger partial charge in [0, 0.05) is 26.7 Å². The van der Waals surface area contributed by atoms with Crippen molar-refractivity contribution in [3.63, 3.8) is 0 Å². The number of para-hydroxylation sites is 2. The zero-order chi connectivity index (χ0) is 14.7. The van der Waals surface area contributed by atoms with E-state index in [-0.39, 0.29) is 0 Å². The van der Waals surface area contributed by atoms with Crippen LogP contribution < -0.4 is 15.1 Å². The SMILES string of the molecule is CNCC(c1ccccc1)N1CCN(C)c2ccccc21. The number of hydrogen-bond donors (Lipinski definition) is 1. The summed E-state index contributed by atoms with van der Waals surface area (Å²) in [5.74, 6) is 0. The fourth-order valence-corrected chi connectivity index (χ4v) is 3.13. The second-order valence-corrected chi connectivity index (χ2v) is 5.59. The summed E-state index contributed by atoms with van der Waals surface area (Å²) in [6, 6.07) is 19.8. The summed E-state index contributed by atoms with van der Waals surface area (Å²) < 4.78 is 0. The lowest BCUT2D eigenvalue weighted by Crippen LogP contribution is -2.43. The average molecular weight is 281 g/mol. The van der Waals surface area contributed by atoms with Gasteiger partial charge < -0.3 is 15.1 Å². The molecule has 0 saturated heterocycles. The molecule has 3 nitrogen and oxygen atoms in total. The zero-order valence-corrected chi connectivity index (χ0v) is 12.8. The van der Waals surface area contributed by atoms with Gasteiger partial charge in [0.25, 0.3) is 0 Å². The van der Waals surface area contributed by atoms with Crippen LogP contribution in [0.15, 0.2) is 54.6 Å². The van der Waals surface area contributed by atoms with E-state index in [1.165, 1.54) is 16.9 Å². The van der Waals surface area contributed by atoms with Crippen LogP contribution in [0.25, 0.3) is 0 Å². The smallest absolute Gasteiger partial charge is 0.0668 e. The van der Waals surface area contributed by atoms with Crippen molar-refractivity contribution < 1.29 is 0 Å². The van der Waals surface area contributed by atoms with E-state index in [0.717, 1.165) is 19.6 Å².